The van der Waals surface area contributed by atoms with Crippen molar-refractivity contribution in [3.05, 3.63) is 29.8 Å². The number of hydrogen-bond acceptors (Lipinski definition) is 3. The highest BCUT2D eigenvalue weighted by molar-refractivity contribution is 5.30. The Morgan fingerprint density at radius 3 is 2.67 bits per heavy atom. The van der Waals surface area contributed by atoms with Gasteiger partial charge in [-0.1, -0.05) is 12.1 Å². The van der Waals surface area contributed by atoms with E-state index in [1.165, 1.54) is 5.56 Å². The number of rotatable bonds is 2. The molecule has 1 aliphatic heterocycles. The Morgan fingerprint density at radius 2 is 2.07 bits per heavy atom. The molecule has 1 heterocycles. The third-order valence-electron chi connectivity index (χ3n) is 3.08. The second kappa shape index (κ2) is 4.64. The fourth-order valence-corrected chi connectivity index (χ4v) is 2.10. The van der Waals surface area contributed by atoms with E-state index in [9.17, 15) is 0 Å². The van der Waals surface area contributed by atoms with Crippen molar-refractivity contribution in [3.63, 3.8) is 0 Å². The zero-order chi connectivity index (χ0) is 10.7. The van der Waals surface area contributed by atoms with E-state index in [4.69, 9.17) is 10.5 Å². The summed E-state index contributed by atoms with van der Waals surface area (Å²) in [5.74, 6) is 1.33. The van der Waals surface area contributed by atoms with Crippen molar-refractivity contribution in [2.45, 2.75) is 18.4 Å². The quantitative estimate of drug-likeness (QED) is 0.761. The van der Waals surface area contributed by atoms with Gasteiger partial charge in [0.1, 0.15) is 5.75 Å². The maximum absolute atomic E-state index is 6.11. The van der Waals surface area contributed by atoms with Gasteiger partial charge in [-0.25, -0.2) is 0 Å². The van der Waals surface area contributed by atoms with E-state index in [0.29, 0.717) is 5.92 Å². The van der Waals surface area contributed by atoms with Crippen LogP contribution in [0, 0.1) is 0 Å². The maximum atomic E-state index is 6.11. The minimum Gasteiger partial charge on any atom is -0.497 e. The van der Waals surface area contributed by atoms with Crippen molar-refractivity contribution in [3.8, 4) is 5.75 Å². The molecule has 2 atom stereocenters. The van der Waals surface area contributed by atoms with Gasteiger partial charge in [0.15, 0.2) is 0 Å². The van der Waals surface area contributed by atoms with E-state index in [2.05, 4.69) is 17.4 Å². The van der Waals surface area contributed by atoms with Crippen LogP contribution >= 0.6 is 0 Å². The Balaban J connectivity index is 2.13. The largest absolute Gasteiger partial charge is 0.497 e. The summed E-state index contributed by atoms with van der Waals surface area (Å²) in [7, 11) is 1.68. The summed E-state index contributed by atoms with van der Waals surface area (Å²) in [5.41, 5.74) is 7.41. The van der Waals surface area contributed by atoms with Crippen LogP contribution in [0.2, 0.25) is 0 Å². The Morgan fingerprint density at radius 1 is 1.33 bits per heavy atom. The molecule has 0 saturated carbocycles. The van der Waals surface area contributed by atoms with E-state index in [0.717, 1.165) is 25.3 Å². The van der Waals surface area contributed by atoms with Gasteiger partial charge in [-0.15, -0.1) is 0 Å². The van der Waals surface area contributed by atoms with Gasteiger partial charge in [-0.2, -0.15) is 0 Å². The van der Waals surface area contributed by atoms with Crippen LogP contribution in [0.15, 0.2) is 24.3 Å². The SMILES string of the molecule is COc1ccc([C@H]2CNCC[C@@H]2N)cc1. The molecular weight excluding hydrogens is 188 g/mol. The van der Waals surface area contributed by atoms with Crippen molar-refractivity contribution in [1.29, 1.82) is 0 Å². The molecule has 82 valence electrons. The Hall–Kier alpha value is -1.06. The molecule has 1 aromatic carbocycles. The molecule has 3 nitrogen and oxygen atoms in total. The van der Waals surface area contributed by atoms with Crippen LogP contribution in [0.5, 0.6) is 5.75 Å². The predicted molar refractivity (Wildman–Crippen MR) is 61.2 cm³/mol. The lowest BCUT2D eigenvalue weighted by Gasteiger charge is -2.29. The highest BCUT2D eigenvalue weighted by Crippen LogP contribution is 2.24. The summed E-state index contributed by atoms with van der Waals surface area (Å²) < 4.78 is 5.14. The van der Waals surface area contributed by atoms with Crippen LogP contribution in [-0.4, -0.2) is 26.2 Å². The van der Waals surface area contributed by atoms with Gasteiger partial charge in [0, 0.05) is 18.5 Å². The van der Waals surface area contributed by atoms with Crippen LogP contribution in [0.3, 0.4) is 0 Å². The van der Waals surface area contributed by atoms with Crippen LogP contribution in [0.1, 0.15) is 17.9 Å². The lowest BCUT2D eigenvalue weighted by atomic mass is 9.87. The van der Waals surface area contributed by atoms with Gasteiger partial charge in [-0.05, 0) is 30.7 Å². The number of nitrogens with two attached hydrogens (primary N) is 1. The second-order valence-electron chi connectivity index (χ2n) is 4.04. The average Bonchev–Trinajstić information content (AvgIpc) is 2.30. The maximum Gasteiger partial charge on any atom is 0.118 e. The molecule has 2 rings (SSSR count). The number of nitrogens with one attached hydrogen (secondary N) is 1. The predicted octanol–water partition coefficient (Wildman–Crippen LogP) is 1.10. The molecule has 1 aromatic rings. The van der Waals surface area contributed by atoms with Crippen molar-refractivity contribution in [2.75, 3.05) is 20.2 Å². The first-order valence-electron chi connectivity index (χ1n) is 5.41. The summed E-state index contributed by atoms with van der Waals surface area (Å²) in [6.07, 6.45) is 1.05. The van der Waals surface area contributed by atoms with Gasteiger partial charge in [-0.3, -0.25) is 0 Å². The zero-order valence-corrected chi connectivity index (χ0v) is 9.07. The van der Waals surface area contributed by atoms with Gasteiger partial charge in [0.25, 0.3) is 0 Å². The van der Waals surface area contributed by atoms with E-state index >= 15 is 0 Å². The van der Waals surface area contributed by atoms with E-state index < -0.39 is 0 Å². The van der Waals surface area contributed by atoms with Crippen molar-refractivity contribution in [1.82, 2.24) is 5.32 Å². The fourth-order valence-electron chi connectivity index (χ4n) is 2.10. The molecular formula is C12H18N2O. The van der Waals surface area contributed by atoms with Gasteiger partial charge in [0.2, 0.25) is 0 Å². The highest BCUT2D eigenvalue weighted by Gasteiger charge is 2.22. The van der Waals surface area contributed by atoms with Crippen molar-refractivity contribution >= 4 is 0 Å². The Bertz CT molecular complexity index is 310. The van der Waals surface area contributed by atoms with Gasteiger partial charge < -0.3 is 15.8 Å². The van der Waals surface area contributed by atoms with Crippen LogP contribution in [0.4, 0.5) is 0 Å². The molecule has 0 bridgehead atoms. The van der Waals surface area contributed by atoms with E-state index in [-0.39, 0.29) is 6.04 Å². The standard InChI is InChI=1S/C12H18N2O/c1-15-10-4-2-9(3-5-10)11-8-14-7-6-12(11)13/h2-5,11-12,14H,6-8,13H2,1H3/t11-,12+/m1/s1. The lowest BCUT2D eigenvalue weighted by Crippen LogP contribution is -2.43. The summed E-state index contributed by atoms with van der Waals surface area (Å²) in [6, 6.07) is 8.49. The second-order valence-corrected chi connectivity index (χ2v) is 4.04. The summed E-state index contributed by atoms with van der Waals surface area (Å²) in [5, 5.41) is 3.38. The smallest absolute Gasteiger partial charge is 0.118 e. The summed E-state index contributed by atoms with van der Waals surface area (Å²) >= 11 is 0. The average molecular weight is 206 g/mol. The monoisotopic (exact) mass is 206 g/mol. The minimum atomic E-state index is 0.277. The topological polar surface area (TPSA) is 47.3 Å². The van der Waals surface area contributed by atoms with Gasteiger partial charge >= 0.3 is 0 Å². The molecule has 0 spiro atoms. The number of hydrogen-bond donors (Lipinski definition) is 2. The van der Waals surface area contributed by atoms with E-state index in [1.54, 1.807) is 7.11 Å². The fraction of sp³-hybridized carbons (Fsp3) is 0.500. The Kier molecular flexibility index (Phi) is 3.23. The van der Waals surface area contributed by atoms with Crippen LogP contribution in [-0.2, 0) is 0 Å². The van der Waals surface area contributed by atoms with Crippen LogP contribution < -0.4 is 15.8 Å². The molecule has 1 saturated heterocycles. The third-order valence-corrected chi connectivity index (χ3v) is 3.08. The molecule has 1 fully saturated rings. The lowest BCUT2D eigenvalue weighted by molar-refractivity contribution is 0.400. The Labute approximate surface area is 90.6 Å². The molecule has 0 amide bonds. The molecule has 1 aliphatic rings. The first kappa shape index (κ1) is 10.5. The van der Waals surface area contributed by atoms with Crippen molar-refractivity contribution in [2.24, 2.45) is 5.73 Å². The highest BCUT2D eigenvalue weighted by atomic mass is 16.5. The first-order chi connectivity index (χ1) is 7.31. The molecule has 0 aliphatic carbocycles. The number of ether oxygens (including phenoxy) is 1. The number of piperidine rings is 1. The first-order valence-corrected chi connectivity index (χ1v) is 5.41. The van der Waals surface area contributed by atoms with E-state index in [1.807, 2.05) is 12.1 Å². The molecule has 0 aromatic heterocycles. The third kappa shape index (κ3) is 2.30. The summed E-state index contributed by atoms with van der Waals surface area (Å²) in [4.78, 5) is 0. The number of methoxy groups -OCH3 is 1. The summed E-state index contributed by atoms with van der Waals surface area (Å²) in [6.45, 7) is 2.02. The van der Waals surface area contributed by atoms with Crippen molar-refractivity contribution < 1.29 is 4.74 Å². The zero-order valence-electron chi connectivity index (χ0n) is 9.07. The normalized spacial score (nSPS) is 26.3. The molecule has 15 heavy (non-hydrogen) atoms. The molecule has 0 unspecified atom stereocenters. The minimum absolute atomic E-state index is 0.277. The molecule has 0 radical (unpaired) electrons. The molecule has 3 N–H and O–H groups in total. The number of benzene rings is 1. The van der Waals surface area contributed by atoms with Crippen LogP contribution in [0.25, 0.3) is 0 Å². The van der Waals surface area contributed by atoms with Gasteiger partial charge in [0.05, 0.1) is 7.11 Å². The molecule has 3 heteroatoms.